The van der Waals surface area contributed by atoms with Gasteiger partial charge in [-0.15, -0.1) is 11.3 Å². The van der Waals surface area contributed by atoms with E-state index in [4.69, 9.17) is 5.73 Å². The van der Waals surface area contributed by atoms with E-state index in [1.807, 2.05) is 0 Å². The van der Waals surface area contributed by atoms with Gasteiger partial charge in [0.05, 0.1) is 14.1 Å². The second-order valence-electron chi connectivity index (χ2n) is 4.41. The molecule has 0 bridgehead atoms. The molecule has 0 aromatic carbocycles. The van der Waals surface area contributed by atoms with Gasteiger partial charge in [0.1, 0.15) is 5.82 Å². The Bertz CT molecular complexity index is 563. The van der Waals surface area contributed by atoms with Crippen molar-refractivity contribution in [3.8, 4) is 10.7 Å². The number of anilines is 1. The van der Waals surface area contributed by atoms with E-state index in [2.05, 4.69) is 65.5 Å². The van der Waals surface area contributed by atoms with Gasteiger partial charge < -0.3 is 5.73 Å². The summed E-state index contributed by atoms with van der Waals surface area (Å²) in [5.41, 5.74) is 7.01. The Hall–Kier alpha value is -0.690. The fraction of sp³-hybridized carbons (Fsp3) is 0.385. The molecule has 0 fully saturated rings. The van der Waals surface area contributed by atoms with Crippen LogP contribution in [0.4, 0.5) is 5.82 Å². The first kappa shape index (κ1) is 13.7. The van der Waals surface area contributed by atoms with Crippen LogP contribution in [0.5, 0.6) is 0 Å². The van der Waals surface area contributed by atoms with Crippen LogP contribution < -0.4 is 5.73 Å². The van der Waals surface area contributed by atoms with Crippen molar-refractivity contribution in [2.24, 2.45) is 0 Å². The van der Waals surface area contributed by atoms with Crippen molar-refractivity contribution in [3.63, 3.8) is 0 Å². The number of nitrogens with zero attached hydrogens (tertiary/aromatic N) is 2. The molecule has 0 unspecified atom stereocenters. The van der Waals surface area contributed by atoms with Crippen LogP contribution in [0.2, 0.25) is 0 Å². The molecule has 3 nitrogen and oxygen atoms in total. The summed E-state index contributed by atoms with van der Waals surface area (Å²) in [6.45, 7) is 6.40. The minimum atomic E-state index is 0.353. The molecule has 0 atom stereocenters. The second kappa shape index (κ2) is 5.52. The van der Waals surface area contributed by atoms with E-state index in [0.717, 1.165) is 26.4 Å². The van der Waals surface area contributed by atoms with Gasteiger partial charge in [-0.05, 0) is 47.1 Å². The lowest BCUT2D eigenvalue weighted by Crippen LogP contribution is -2.05. The minimum Gasteiger partial charge on any atom is -0.383 e. The number of aryl methyl sites for hydroxylation is 1. The molecule has 0 saturated heterocycles. The maximum absolute atomic E-state index is 5.98. The molecule has 2 rings (SSSR count). The van der Waals surface area contributed by atoms with Crippen molar-refractivity contribution in [3.05, 3.63) is 26.3 Å². The normalized spacial score (nSPS) is 11.2. The summed E-state index contributed by atoms with van der Waals surface area (Å²) in [4.78, 5) is 11.5. The zero-order valence-electron chi connectivity index (χ0n) is 10.7. The third-order valence-electron chi connectivity index (χ3n) is 2.68. The zero-order chi connectivity index (χ0) is 13.3. The number of hydrogen-bond donors (Lipinski definition) is 1. The lowest BCUT2D eigenvalue weighted by Gasteiger charge is -2.10. The van der Waals surface area contributed by atoms with E-state index in [0.29, 0.717) is 11.7 Å². The van der Waals surface area contributed by atoms with Gasteiger partial charge in [0.15, 0.2) is 5.82 Å². The van der Waals surface area contributed by atoms with Crippen molar-refractivity contribution in [1.29, 1.82) is 0 Å². The first-order valence-electron chi connectivity index (χ1n) is 5.95. The summed E-state index contributed by atoms with van der Waals surface area (Å²) >= 11 is 3.96. The molecule has 0 spiro atoms. The van der Waals surface area contributed by atoms with Crippen LogP contribution in [0.15, 0.2) is 12.1 Å². The monoisotopic (exact) mass is 373 g/mol. The molecule has 96 valence electrons. The Labute approximate surface area is 125 Å². The molecule has 2 N–H and O–H groups in total. The Morgan fingerprint density at radius 1 is 1.33 bits per heavy atom. The van der Waals surface area contributed by atoms with Gasteiger partial charge in [-0.2, -0.15) is 0 Å². The molecule has 18 heavy (non-hydrogen) atoms. The molecule has 2 aromatic rings. The molecule has 0 radical (unpaired) electrons. The van der Waals surface area contributed by atoms with Gasteiger partial charge in [-0.25, -0.2) is 9.97 Å². The first-order chi connectivity index (χ1) is 8.52. The molecule has 2 heterocycles. The fourth-order valence-corrected chi connectivity index (χ4v) is 3.41. The van der Waals surface area contributed by atoms with E-state index in [1.54, 1.807) is 11.3 Å². The maximum Gasteiger partial charge on any atom is 0.171 e. The van der Waals surface area contributed by atoms with Crippen molar-refractivity contribution >= 4 is 39.7 Å². The van der Waals surface area contributed by atoms with Gasteiger partial charge in [0.2, 0.25) is 0 Å². The number of nitrogens with two attached hydrogens (primary N) is 1. The number of rotatable bonds is 3. The first-order valence-corrected chi connectivity index (χ1v) is 7.84. The van der Waals surface area contributed by atoms with Crippen LogP contribution in [-0.2, 0) is 6.42 Å². The highest BCUT2D eigenvalue weighted by Gasteiger charge is 2.15. The smallest absolute Gasteiger partial charge is 0.171 e. The van der Waals surface area contributed by atoms with Crippen LogP contribution in [0.1, 0.15) is 37.3 Å². The van der Waals surface area contributed by atoms with Gasteiger partial charge in [0.25, 0.3) is 0 Å². The van der Waals surface area contributed by atoms with Crippen LogP contribution >= 0.6 is 33.9 Å². The summed E-state index contributed by atoms with van der Waals surface area (Å²) in [5, 5.41) is 0. The highest BCUT2D eigenvalue weighted by atomic mass is 127. The maximum atomic E-state index is 5.98. The van der Waals surface area contributed by atoms with Gasteiger partial charge >= 0.3 is 0 Å². The molecule has 0 aliphatic heterocycles. The van der Waals surface area contributed by atoms with Crippen molar-refractivity contribution in [1.82, 2.24) is 9.97 Å². The van der Waals surface area contributed by atoms with Crippen molar-refractivity contribution in [2.75, 3.05) is 5.73 Å². The molecule has 0 amide bonds. The third kappa shape index (κ3) is 2.66. The third-order valence-corrected chi connectivity index (χ3v) is 5.01. The largest absolute Gasteiger partial charge is 0.383 e. The quantitative estimate of drug-likeness (QED) is 0.825. The topological polar surface area (TPSA) is 51.8 Å². The highest BCUT2D eigenvalue weighted by Crippen LogP contribution is 2.30. The van der Waals surface area contributed by atoms with Crippen LogP contribution in [0, 0.1) is 3.57 Å². The predicted molar refractivity (Wildman–Crippen MR) is 85.9 cm³/mol. The fourth-order valence-electron chi connectivity index (χ4n) is 1.66. The summed E-state index contributed by atoms with van der Waals surface area (Å²) in [7, 11) is 0. The molecule has 0 saturated carbocycles. The Kier molecular flexibility index (Phi) is 4.21. The molecule has 0 aliphatic carbocycles. The van der Waals surface area contributed by atoms with Gasteiger partial charge in [0, 0.05) is 4.88 Å². The summed E-state index contributed by atoms with van der Waals surface area (Å²) in [6.07, 6.45) is 1.04. The molecular formula is C13H16IN3S. The number of hydrogen-bond acceptors (Lipinski definition) is 4. The molecular weight excluding hydrogens is 357 g/mol. The van der Waals surface area contributed by atoms with E-state index in [9.17, 15) is 0 Å². The van der Waals surface area contributed by atoms with Crippen molar-refractivity contribution in [2.45, 2.75) is 33.1 Å². The zero-order valence-corrected chi connectivity index (χ0v) is 13.7. The van der Waals surface area contributed by atoms with Crippen LogP contribution in [-0.4, -0.2) is 9.97 Å². The van der Waals surface area contributed by atoms with Gasteiger partial charge in [-0.1, -0.05) is 20.8 Å². The SMILES string of the molecule is CCc1ccc(-c2nc(N)c(I)c(C(C)C)n2)s1. The van der Waals surface area contributed by atoms with Crippen LogP contribution in [0.3, 0.4) is 0 Å². The molecule has 5 heteroatoms. The van der Waals surface area contributed by atoms with E-state index < -0.39 is 0 Å². The summed E-state index contributed by atoms with van der Waals surface area (Å²) < 4.78 is 0.971. The number of aromatic nitrogens is 2. The average Bonchev–Trinajstić information content (AvgIpc) is 2.80. The Morgan fingerprint density at radius 3 is 2.61 bits per heavy atom. The standard InChI is InChI=1S/C13H16IN3S/c1-4-8-5-6-9(18-8)13-16-11(7(2)3)10(14)12(15)17-13/h5-7H,4H2,1-3H3,(H2,15,16,17). The highest BCUT2D eigenvalue weighted by molar-refractivity contribution is 14.1. The predicted octanol–water partition coefficient (Wildman–Crippen LogP) is 4.08. The summed E-state index contributed by atoms with van der Waals surface area (Å²) in [5.74, 6) is 1.68. The number of nitrogen functional groups attached to an aromatic ring is 1. The minimum absolute atomic E-state index is 0.353. The lowest BCUT2D eigenvalue weighted by atomic mass is 10.1. The molecule has 0 aliphatic rings. The average molecular weight is 373 g/mol. The van der Waals surface area contributed by atoms with Crippen LogP contribution in [0.25, 0.3) is 10.7 Å². The summed E-state index contributed by atoms with van der Waals surface area (Å²) in [6, 6.07) is 4.21. The second-order valence-corrected chi connectivity index (χ2v) is 6.65. The molecule has 2 aromatic heterocycles. The van der Waals surface area contributed by atoms with E-state index in [-0.39, 0.29) is 0 Å². The van der Waals surface area contributed by atoms with Gasteiger partial charge in [-0.3, -0.25) is 0 Å². The Balaban J connectivity index is 2.51. The van der Waals surface area contributed by atoms with Crippen molar-refractivity contribution < 1.29 is 0 Å². The lowest BCUT2D eigenvalue weighted by molar-refractivity contribution is 0.810. The Morgan fingerprint density at radius 2 is 2.06 bits per heavy atom. The number of thiophene rings is 1. The van der Waals surface area contributed by atoms with E-state index in [1.165, 1.54) is 4.88 Å². The van der Waals surface area contributed by atoms with E-state index >= 15 is 0 Å². The number of halogens is 1.